The van der Waals surface area contributed by atoms with E-state index < -0.39 is 10.0 Å². The summed E-state index contributed by atoms with van der Waals surface area (Å²) in [4.78, 5) is 4.52. The van der Waals surface area contributed by atoms with Crippen LogP contribution in [0, 0.1) is 13.8 Å². The summed E-state index contributed by atoms with van der Waals surface area (Å²) in [6.07, 6.45) is 0. The highest BCUT2D eigenvalue weighted by atomic mass is 32.2. The highest BCUT2D eigenvalue weighted by Crippen LogP contribution is 2.24. The second-order valence-electron chi connectivity index (χ2n) is 5.83. The highest BCUT2D eigenvalue weighted by molar-refractivity contribution is 7.89. The van der Waals surface area contributed by atoms with Crippen LogP contribution in [-0.4, -0.2) is 20.5 Å². The van der Waals surface area contributed by atoms with E-state index in [2.05, 4.69) is 9.71 Å². The van der Waals surface area contributed by atoms with Crippen molar-refractivity contribution in [1.82, 2.24) is 9.71 Å². The van der Waals surface area contributed by atoms with Gasteiger partial charge in [-0.1, -0.05) is 24.3 Å². The molecule has 0 saturated carbocycles. The molecule has 0 radical (unpaired) electrons. The van der Waals surface area contributed by atoms with Gasteiger partial charge in [-0.05, 0) is 36.8 Å². The maximum atomic E-state index is 12.5. The Morgan fingerprint density at radius 2 is 1.69 bits per heavy atom. The van der Waals surface area contributed by atoms with Gasteiger partial charge >= 0.3 is 0 Å². The Balaban J connectivity index is 1.73. The van der Waals surface area contributed by atoms with Crippen molar-refractivity contribution in [2.45, 2.75) is 25.3 Å². The van der Waals surface area contributed by atoms with Crippen molar-refractivity contribution in [3.63, 3.8) is 0 Å². The lowest BCUT2D eigenvalue weighted by molar-refractivity contribution is 0.414. The molecular weight excluding hydrogens is 352 g/mol. The van der Waals surface area contributed by atoms with E-state index in [9.17, 15) is 8.42 Å². The summed E-state index contributed by atoms with van der Waals surface area (Å²) < 4.78 is 38.1. The first-order valence-electron chi connectivity index (χ1n) is 8.06. The van der Waals surface area contributed by atoms with Crippen LogP contribution in [0.5, 0.6) is 5.75 Å². The molecule has 0 saturated heterocycles. The van der Waals surface area contributed by atoms with Gasteiger partial charge in [0.15, 0.2) is 5.89 Å². The molecule has 0 fully saturated rings. The lowest BCUT2D eigenvalue weighted by atomic mass is 10.1. The average Bonchev–Trinajstić information content (AvgIpc) is 2.99. The molecule has 7 heteroatoms. The molecule has 6 nitrogen and oxygen atoms in total. The van der Waals surface area contributed by atoms with E-state index >= 15 is 0 Å². The standard InChI is InChI=1S/C19H20N2O4S/c1-13-19(21-14(2)25-13)16-6-10-18(11-7-16)26(22,23)20-12-15-4-8-17(24-3)9-5-15/h4-11,20H,12H2,1-3H3. The van der Waals surface area contributed by atoms with Gasteiger partial charge < -0.3 is 9.15 Å². The first-order chi connectivity index (χ1) is 12.4. The number of sulfonamides is 1. The third kappa shape index (κ3) is 3.95. The number of aromatic nitrogens is 1. The van der Waals surface area contributed by atoms with E-state index in [0.717, 1.165) is 22.6 Å². The fraction of sp³-hybridized carbons (Fsp3) is 0.211. The van der Waals surface area contributed by atoms with E-state index in [-0.39, 0.29) is 11.4 Å². The Bertz CT molecular complexity index is 991. The number of rotatable bonds is 6. The Labute approximate surface area is 152 Å². The first-order valence-corrected chi connectivity index (χ1v) is 9.54. The molecule has 1 aromatic heterocycles. The molecule has 136 valence electrons. The molecule has 0 bridgehead atoms. The number of benzene rings is 2. The van der Waals surface area contributed by atoms with Gasteiger partial charge in [0.05, 0.1) is 12.0 Å². The molecule has 0 amide bonds. The molecule has 0 spiro atoms. The summed E-state index contributed by atoms with van der Waals surface area (Å²) >= 11 is 0. The lowest BCUT2D eigenvalue weighted by Crippen LogP contribution is -2.23. The molecule has 1 N–H and O–H groups in total. The van der Waals surface area contributed by atoms with E-state index in [4.69, 9.17) is 9.15 Å². The van der Waals surface area contributed by atoms with E-state index in [0.29, 0.717) is 11.7 Å². The van der Waals surface area contributed by atoms with Crippen LogP contribution in [0.1, 0.15) is 17.2 Å². The number of ether oxygens (including phenoxy) is 1. The monoisotopic (exact) mass is 372 g/mol. The smallest absolute Gasteiger partial charge is 0.240 e. The van der Waals surface area contributed by atoms with E-state index in [1.165, 1.54) is 0 Å². The minimum Gasteiger partial charge on any atom is -0.497 e. The summed E-state index contributed by atoms with van der Waals surface area (Å²) in [5.41, 5.74) is 2.38. The molecule has 26 heavy (non-hydrogen) atoms. The van der Waals surface area contributed by atoms with Crippen molar-refractivity contribution in [3.8, 4) is 17.0 Å². The Morgan fingerprint density at radius 3 is 2.23 bits per heavy atom. The number of oxazole rings is 1. The number of nitrogens with zero attached hydrogens (tertiary/aromatic N) is 1. The third-order valence-electron chi connectivity index (χ3n) is 3.97. The molecular formula is C19H20N2O4S. The zero-order valence-corrected chi connectivity index (χ0v) is 15.6. The van der Waals surface area contributed by atoms with Crippen LogP contribution in [0.25, 0.3) is 11.3 Å². The molecule has 0 aliphatic heterocycles. The van der Waals surface area contributed by atoms with Gasteiger partial charge in [-0.25, -0.2) is 18.1 Å². The largest absolute Gasteiger partial charge is 0.497 e. The second-order valence-corrected chi connectivity index (χ2v) is 7.60. The Hall–Kier alpha value is -2.64. The van der Waals surface area contributed by atoms with Gasteiger partial charge in [-0.3, -0.25) is 0 Å². The number of methoxy groups -OCH3 is 1. The molecule has 0 unspecified atom stereocenters. The zero-order chi connectivity index (χ0) is 18.7. The maximum Gasteiger partial charge on any atom is 0.240 e. The first kappa shape index (κ1) is 18.2. The quantitative estimate of drug-likeness (QED) is 0.717. The van der Waals surface area contributed by atoms with E-state index in [1.54, 1.807) is 50.4 Å². The Kier molecular flexibility index (Phi) is 5.11. The Morgan fingerprint density at radius 1 is 1.04 bits per heavy atom. The molecule has 0 aliphatic carbocycles. The number of hydrogen-bond donors (Lipinski definition) is 1. The summed E-state index contributed by atoms with van der Waals surface area (Å²) in [5, 5.41) is 0. The predicted molar refractivity (Wildman–Crippen MR) is 98.4 cm³/mol. The number of nitrogens with one attached hydrogen (secondary N) is 1. The van der Waals surface area contributed by atoms with Gasteiger partial charge in [-0.15, -0.1) is 0 Å². The molecule has 1 heterocycles. The fourth-order valence-corrected chi connectivity index (χ4v) is 3.61. The van der Waals surface area contributed by atoms with Crippen LogP contribution in [0.15, 0.2) is 57.8 Å². The molecule has 3 aromatic rings. The highest BCUT2D eigenvalue weighted by Gasteiger charge is 2.15. The normalized spacial score (nSPS) is 11.5. The predicted octanol–water partition coefficient (Wildman–Crippen LogP) is 3.45. The van der Waals surface area contributed by atoms with Gasteiger partial charge in [0.2, 0.25) is 10.0 Å². The zero-order valence-electron chi connectivity index (χ0n) is 14.8. The second kappa shape index (κ2) is 7.31. The van der Waals surface area contributed by atoms with Crippen molar-refractivity contribution in [3.05, 3.63) is 65.7 Å². The third-order valence-corrected chi connectivity index (χ3v) is 5.38. The van der Waals surface area contributed by atoms with Gasteiger partial charge in [-0.2, -0.15) is 0 Å². The average molecular weight is 372 g/mol. The molecule has 2 aromatic carbocycles. The number of aryl methyl sites for hydroxylation is 2. The summed E-state index contributed by atoms with van der Waals surface area (Å²) in [6.45, 7) is 3.81. The maximum absolute atomic E-state index is 12.5. The van der Waals surface area contributed by atoms with Crippen LogP contribution in [0.2, 0.25) is 0 Å². The molecule has 0 atom stereocenters. The van der Waals surface area contributed by atoms with Crippen molar-refractivity contribution < 1.29 is 17.6 Å². The minimum absolute atomic E-state index is 0.202. The van der Waals surface area contributed by atoms with Crippen molar-refractivity contribution in [1.29, 1.82) is 0 Å². The van der Waals surface area contributed by atoms with Gasteiger partial charge in [0.1, 0.15) is 17.2 Å². The van der Waals surface area contributed by atoms with Crippen LogP contribution >= 0.6 is 0 Å². The van der Waals surface area contributed by atoms with Crippen LogP contribution in [0.3, 0.4) is 0 Å². The fourth-order valence-electron chi connectivity index (χ4n) is 2.59. The van der Waals surface area contributed by atoms with Crippen LogP contribution in [-0.2, 0) is 16.6 Å². The van der Waals surface area contributed by atoms with Gasteiger partial charge in [0, 0.05) is 19.0 Å². The summed E-state index contributed by atoms with van der Waals surface area (Å²) in [7, 11) is -2.02. The SMILES string of the molecule is COc1ccc(CNS(=O)(=O)c2ccc(-c3nc(C)oc3C)cc2)cc1. The van der Waals surface area contributed by atoms with Crippen LogP contribution < -0.4 is 9.46 Å². The van der Waals surface area contributed by atoms with Crippen LogP contribution in [0.4, 0.5) is 0 Å². The van der Waals surface area contributed by atoms with Gasteiger partial charge in [0.25, 0.3) is 0 Å². The lowest BCUT2D eigenvalue weighted by Gasteiger charge is -2.08. The summed E-state index contributed by atoms with van der Waals surface area (Å²) in [5.74, 6) is 2.01. The minimum atomic E-state index is -3.60. The van der Waals surface area contributed by atoms with Crippen molar-refractivity contribution >= 4 is 10.0 Å². The topological polar surface area (TPSA) is 81.4 Å². The van der Waals surface area contributed by atoms with Crippen molar-refractivity contribution in [2.24, 2.45) is 0 Å². The molecule has 3 rings (SSSR count). The summed E-state index contributed by atoms with van der Waals surface area (Å²) in [6, 6.07) is 13.8. The molecule has 0 aliphatic rings. The van der Waals surface area contributed by atoms with E-state index in [1.807, 2.05) is 19.1 Å². The number of hydrogen-bond acceptors (Lipinski definition) is 5. The van der Waals surface area contributed by atoms with Crippen molar-refractivity contribution in [2.75, 3.05) is 7.11 Å².